The number of nitrogens with zero attached hydrogens (tertiary/aromatic N) is 1. The fraction of sp³-hybridized carbons (Fsp3) is 0.235. The van der Waals surface area contributed by atoms with Gasteiger partial charge in [-0.25, -0.2) is 0 Å². The van der Waals surface area contributed by atoms with Crippen LogP contribution in [0.2, 0.25) is 0 Å². The third-order valence-corrected chi connectivity index (χ3v) is 3.51. The molecule has 1 aliphatic rings. The van der Waals surface area contributed by atoms with Gasteiger partial charge in [-0.1, -0.05) is 18.2 Å². The van der Waals surface area contributed by atoms with Crippen molar-refractivity contribution in [3.63, 3.8) is 0 Å². The Balaban J connectivity index is 2.04. The smallest absolute Gasteiger partial charge is 0.116 e. The van der Waals surface area contributed by atoms with Crippen LogP contribution in [0.15, 0.2) is 36.5 Å². The standard InChI is InChI=1S/C17H17NO/c1-12-8-14-5-3-6-15(17(14)18-11-12)9-13-4-2-7-16(19)10-13/h2,4,7-11,19H,3,5-6H2,1H3. The third-order valence-electron chi connectivity index (χ3n) is 3.51. The van der Waals surface area contributed by atoms with Gasteiger partial charge in [0, 0.05) is 6.20 Å². The summed E-state index contributed by atoms with van der Waals surface area (Å²) in [5.41, 5.74) is 5.99. The van der Waals surface area contributed by atoms with Crippen LogP contribution in [0.3, 0.4) is 0 Å². The SMILES string of the molecule is Cc1cnc2c(c1)CCCC2=Cc1cccc(O)c1. The Morgan fingerprint density at radius 3 is 2.95 bits per heavy atom. The van der Waals surface area contributed by atoms with E-state index in [1.807, 2.05) is 18.3 Å². The van der Waals surface area contributed by atoms with Gasteiger partial charge in [-0.3, -0.25) is 4.98 Å². The Hall–Kier alpha value is -2.09. The summed E-state index contributed by atoms with van der Waals surface area (Å²) in [6.45, 7) is 2.08. The molecule has 0 bridgehead atoms. The van der Waals surface area contributed by atoms with E-state index in [9.17, 15) is 5.11 Å². The summed E-state index contributed by atoms with van der Waals surface area (Å²) in [5.74, 6) is 0.308. The lowest BCUT2D eigenvalue weighted by atomic mass is 9.89. The van der Waals surface area contributed by atoms with Gasteiger partial charge in [0.2, 0.25) is 0 Å². The molecule has 1 N–H and O–H groups in total. The molecule has 0 amide bonds. The number of fused-ring (bicyclic) bond motifs is 1. The highest BCUT2D eigenvalue weighted by atomic mass is 16.3. The second kappa shape index (κ2) is 4.88. The summed E-state index contributed by atoms with van der Waals surface area (Å²) in [7, 11) is 0. The summed E-state index contributed by atoms with van der Waals surface area (Å²) in [6.07, 6.45) is 7.41. The van der Waals surface area contributed by atoms with Gasteiger partial charge in [0.05, 0.1) is 5.69 Å². The molecule has 2 nitrogen and oxygen atoms in total. The lowest BCUT2D eigenvalue weighted by Crippen LogP contribution is -2.04. The van der Waals surface area contributed by atoms with Gasteiger partial charge in [-0.2, -0.15) is 0 Å². The van der Waals surface area contributed by atoms with E-state index in [-0.39, 0.29) is 0 Å². The van der Waals surface area contributed by atoms with Crippen LogP contribution in [0.1, 0.15) is 35.2 Å². The Labute approximate surface area is 113 Å². The van der Waals surface area contributed by atoms with E-state index in [0.29, 0.717) is 5.75 Å². The molecule has 1 heterocycles. The maximum atomic E-state index is 9.53. The average molecular weight is 251 g/mol. The molecule has 2 aromatic rings. The molecule has 0 saturated carbocycles. The predicted octanol–water partition coefficient (Wildman–Crippen LogP) is 3.97. The Morgan fingerprint density at radius 1 is 1.21 bits per heavy atom. The molecule has 0 radical (unpaired) electrons. The van der Waals surface area contributed by atoms with Crippen LogP contribution in [0.4, 0.5) is 0 Å². The molecule has 0 fully saturated rings. The number of pyridine rings is 1. The quantitative estimate of drug-likeness (QED) is 0.831. The van der Waals surface area contributed by atoms with E-state index < -0.39 is 0 Å². The number of phenols is 1. The van der Waals surface area contributed by atoms with Crippen molar-refractivity contribution in [2.75, 3.05) is 0 Å². The number of aryl methyl sites for hydroxylation is 2. The van der Waals surface area contributed by atoms with Crippen molar-refractivity contribution in [2.24, 2.45) is 0 Å². The maximum Gasteiger partial charge on any atom is 0.116 e. The van der Waals surface area contributed by atoms with Crippen molar-refractivity contribution >= 4 is 11.6 Å². The monoisotopic (exact) mass is 251 g/mol. The zero-order valence-corrected chi connectivity index (χ0v) is 11.1. The van der Waals surface area contributed by atoms with Gasteiger partial charge in [0.1, 0.15) is 5.75 Å². The number of hydrogen-bond acceptors (Lipinski definition) is 2. The van der Waals surface area contributed by atoms with E-state index in [2.05, 4.69) is 24.1 Å². The third kappa shape index (κ3) is 2.53. The van der Waals surface area contributed by atoms with Gasteiger partial charge in [-0.15, -0.1) is 0 Å². The van der Waals surface area contributed by atoms with Crippen molar-refractivity contribution in [3.05, 3.63) is 58.9 Å². The fourth-order valence-corrected chi connectivity index (χ4v) is 2.65. The van der Waals surface area contributed by atoms with E-state index in [1.54, 1.807) is 12.1 Å². The fourth-order valence-electron chi connectivity index (χ4n) is 2.65. The van der Waals surface area contributed by atoms with Crippen molar-refractivity contribution in [1.82, 2.24) is 4.98 Å². The number of rotatable bonds is 1. The summed E-state index contributed by atoms with van der Waals surface area (Å²) >= 11 is 0. The Kier molecular flexibility index (Phi) is 3.08. The van der Waals surface area contributed by atoms with E-state index in [4.69, 9.17) is 0 Å². The number of aromatic nitrogens is 1. The molecular formula is C17H17NO. The minimum absolute atomic E-state index is 0.308. The molecule has 1 aliphatic carbocycles. The molecule has 3 rings (SSSR count). The van der Waals surface area contributed by atoms with Crippen molar-refractivity contribution < 1.29 is 5.11 Å². The van der Waals surface area contributed by atoms with Gasteiger partial charge in [0.25, 0.3) is 0 Å². The highest BCUT2D eigenvalue weighted by molar-refractivity contribution is 5.82. The number of phenolic OH excluding ortho intramolecular Hbond substituents is 1. The molecular weight excluding hydrogens is 234 g/mol. The minimum Gasteiger partial charge on any atom is -0.508 e. The molecule has 0 saturated heterocycles. The summed E-state index contributed by atoms with van der Waals surface area (Å²) in [5, 5.41) is 9.53. The number of hydrogen-bond donors (Lipinski definition) is 1. The normalized spacial score (nSPS) is 16.4. The average Bonchev–Trinajstić information content (AvgIpc) is 2.38. The van der Waals surface area contributed by atoms with Crippen LogP contribution in [0.5, 0.6) is 5.75 Å². The first-order chi connectivity index (χ1) is 9.22. The number of benzene rings is 1. The summed E-state index contributed by atoms with van der Waals surface area (Å²) < 4.78 is 0. The molecule has 2 heteroatoms. The maximum absolute atomic E-state index is 9.53. The van der Waals surface area contributed by atoms with E-state index >= 15 is 0 Å². The van der Waals surface area contributed by atoms with Crippen molar-refractivity contribution in [3.8, 4) is 5.75 Å². The highest BCUT2D eigenvalue weighted by Crippen LogP contribution is 2.31. The second-order valence-corrected chi connectivity index (χ2v) is 5.14. The summed E-state index contributed by atoms with van der Waals surface area (Å²) in [4.78, 5) is 4.59. The first-order valence-electron chi connectivity index (χ1n) is 6.68. The second-order valence-electron chi connectivity index (χ2n) is 5.14. The lowest BCUT2D eigenvalue weighted by molar-refractivity contribution is 0.475. The molecule has 96 valence electrons. The molecule has 0 unspecified atom stereocenters. The van der Waals surface area contributed by atoms with Crippen LogP contribution >= 0.6 is 0 Å². The molecule has 0 aliphatic heterocycles. The Bertz CT molecular complexity index is 643. The lowest BCUT2D eigenvalue weighted by Gasteiger charge is -2.18. The zero-order valence-electron chi connectivity index (χ0n) is 11.1. The first-order valence-corrected chi connectivity index (χ1v) is 6.68. The highest BCUT2D eigenvalue weighted by Gasteiger charge is 2.15. The van der Waals surface area contributed by atoms with Crippen LogP contribution in [0.25, 0.3) is 11.6 Å². The number of aromatic hydroxyl groups is 1. The van der Waals surface area contributed by atoms with Gasteiger partial charge in [0.15, 0.2) is 0 Å². The first kappa shape index (κ1) is 12.0. The molecule has 1 aromatic carbocycles. The zero-order chi connectivity index (χ0) is 13.2. The van der Waals surface area contributed by atoms with Gasteiger partial charge >= 0.3 is 0 Å². The molecule has 0 atom stereocenters. The van der Waals surface area contributed by atoms with Gasteiger partial charge < -0.3 is 5.11 Å². The molecule has 0 spiro atoms. The van der Waals surface area contributed by atoms with Crippen LogP contribution < -0.4 is 0 Å². The van der Waals surface area contributed by atoms with Gasteiger partial charge in [-0.05, 0) is 66.7 Å². The molecule has 1 aromatic heterocycles. The van der Waals surface area contributed by atoms with Crippen molar-refractivity contribution in [1.29, 1.82) is 0 Å². The van der Waals surface area contributed by atoms with Crippen LogP contribution in [0, 0.1) is 6.92 Å². The van der Waals surface area contributed by atoms with Crippen molar-refractivity contribution in [2.45, 2.75) is 26.2 Å². The van der Waals surface area contributed by atoms with E-state index in [1.165, 1.54) is 23.1 Å². The number of allylic oxidation sites excluding steroid dienone is 1. The summed E-state index contributed by atoms with van der Waals surface area (Å²) in [6, 6.07) is 9.59. The van der Waals surface area contributed by atoms with Crippen LogP contribution in [-0.4, -0.2) is 10.1 Å². The minimum atomic E-state index is 0.308. The van der Waals surface area contributed by atoms with E-state index in [0.717, 1.165) is 24.1 Å². The van der Waals surface area contributed by atoms with Crippen LogP contribution in [-0.2, 0) is 6.42 Å². The largest absolute Gasteiger partial charge is 0.508 e. The molecule has 19 heavy (non-hydrogen) atoms. The predicted molar refractivity (Wildman–Crippen MR) is 77.9 cm³/mol. The Morgan fingerprint density at radius 2 is 2.11 bits per heavy atom. The topological polar surface area (TPSA) is 33.1 Å².